The van der Waals surface area contributed by atoms with E-state index >= 15 is 0 Å². The summed E-state index contributed by atoms with van der Waals surface area (Å²) in [6, 6.07) is 9.77. The molecule has 0 radical (unpaired) electrons. The van der Waals surface area contributed by atoms with Crippen LogP contribution in [0.2, 0.25) is 0 Å². The van der Waals surface area contributed by atoms with Crippen LogP contribution in [0.25, 0.3) is 5.69 Å². The number of amides is 2. The van der Waals surface area contributed by atoms with Crippen molar-refractivity contribution in [2.75, 3.05) is 5.32 Å². The summed E-state index contributed by atoms with van der Waals surface area (Å²) in [5.74, 6) is 0.439. The zero-order chi connectivity index (χ0) is 25.0. The average molecular weight is 495 g/mol. The van der Waals surface area contributed by atoms with Gasteiger partial charge in [-0.1, -0.05) is 18.2 Å². The Bertz CT molecular complexity index is 1430. The predicted molar refractivity (Wildman–Crippen MR) is 134 cm³/mol. The first kappa shape index (κ1) is 23.7. The van der Waals surface area contributed by atoms with Gasteiger partial charge in [0.2, 0.25) is 0 Å². The maximum Gasteiger partial charge on any atom is 0.354 e. The van der Waals surface area contributed by atoms with Gasteiger partial charge in [0.15, 0.2) is 14.9 Å². The summed E-state index contributed by atoms with van der Waals surface area (Å²) >= 11 is 0. The van der Waals surface area contributed by atoms with Crippen molar-refractivity contribution in [3.63, 3.8) is 0 Å². The normalized spacial score (nSPS) is 17.1. The molecule has 4 N–H and O–H groups in total. The number of aryl methyl sites for hydroxylation is 1. The summed E-state index contributed by atoms with van der Waals surface area (Å²) in [5, 5.41) is 23.9. The topological polar surface area (TPSA) is 135 Å². The highest BCUT2D eigenvalue weighted by Gasteiger charge is 2.32. The maximum absolute atomic E-state index is 13.4. The molecule has 184 valence electrons. The number of fused-ring (bicyclic) bond motifs is 1. The van der Waals surface area contributed by atoms with E-state index in [1.807, 2.05) is 25.1 Å². The number of hydrogen-bond acceptors (Lipinski definition) is 5. The zero-order valence-corrected chi connectivity index (χ0v) is 20.9. The number of carbonyl (C=O) groups is 1. The lowest BCUT2D eigenvalue weighted by molar-refractivity contribution is 0.0711. The summed E-state index contributed by atoms with van der Waals surface area (Å²) in [4.78, 5) is 17.8. The third-order valence-corrected chi connectivity index (χ3v) is 7.77. The van der Waals surface area contributed by atoms with Gasteiger partial charge in [-0.2, -0.15) is 5.10 Å². The van der Waals surface area contributed by atoms with Crippen molar-refractivity contribution in [3.05, 3.63) is 64.6 Å². The van der Waals surface area contributed by atoms with E-state index in [1.165, 1.54) is 10.7 Å². The monoisotopic (exact) mass is 494 g/mol. The minimum Gasteiger partial charge on any atom is -0.384 e. The van der Waals surface area contributed by atoms with Crippen molar-refractivity contribution in [2.45, 2.75) is 69.4 Å². The van der Waals surface area contributed by atoms with E-state index in [9.17, 15) is 14.1 Å². The average Bonchev–Trinajstić information content (AvgIpc) is 3.33. The fourth-order valence-corrected chi connectivity index (χ4v) is 5.50. The Hall–Kier alpha value is -3.08. The van der Waals surface area contributed by atoms with E-state index in [4.69, 9.17) is 10.1 Å². The lowest BCUT2D eigenvalue weighted by Gasteiger charge is -2.18. The van der Waals surface area contributed by atoms with Crippen LogP contribution in [0.5, 0.6) is 0 Å². The van der Waals surface area contributed by atoms with Crippen molar-refractivity contribution in [1.82, 2.24) is 14.8 Å². The van der Waals surface area contributed by atoms with Crippen LogP contribution in [-0.2, 0) is 28.4 Å². The number of nitrogens with two attached hydrogens (primary N) is 1. The van der Waals surface area contributed by atoms with Crippen molar-refractivity contribution < 1.29 is 14.1 Å². The number of urea groups is 1. The summed E-state index contributed by atoms with van der Waals surface area (Å²) in [6.45, 7) is 5.16. The van der Waals surface area contributed by atoms with Crippen LogP contribution in [0.4, 0.5) is 10.5 Å². The molecule has 0 bridgehead atoms. The minimum absolute atomic E-state index is 0.0797. The number of pyridine rings is 1. The number of nitrogens with zero attached hydrogens (tertiary/aromatic N) is 4. The molecule has 35 heavy (non-hydrogen) atoms. The highest BCUT2D eigenvalue weighted by Crippen LogP contribution is 2.44. The molecule has 1 fully saturated rings. The van der Waals surface area contributed by atoms with E-state index in [2.05, 4.69) is 14.8 Å². The van der Waals surface area contributed by atoms with Crippen molar-refractivity contribution in [3.8, 4) is 5.69 Å². The molecule has 1 saturated carbocycles. The highest BCUT2D eigenvalue weighted by atomic mass is 32.2. The molecule has 2 aliphatic rings. The van der Waals surface area contributed by atoms with Gasteiger partial charge in [0.25, 0.3) is 0 Å². The van der Waals surface area contributed by atoms with Crippen molar-refractivity contribution >= 4 is 21.6 Å². The third-order valence-electron chi connectivity index (χ3n) is 6.53. The van der Waals surface area contributed by atoms with Crippen LogP contribution < -0.4 is 10.5 Å². The predicted octanol–water partition coefficient (Wildman–Crippen LogP) is 4.10. The SMILES string of the molecule is Cc1c(C2CC2)nc2c(c1NC(=O)N=S(N)(=O)c1cc(C(C)(C)O)n(-c3ccccc3)n1)CCC2. The second-order valence-electron chi connectivity index (χ2n) is 9.81. The number of para-hydroxylation sites is 1. The van der Waals surface area contributed by atoms with Gasteiger partial charge < -0.3 is 10.4 Å². The number of carbonyl (C=O) groups excluding carboxylic acids is 1. The lowest BCUT2D eigenvalue weighted by Crippen LogP contribution is -2.20. The molecule has 2 aromatic heterocycles. The van der Waals surface area contributed by atoms with Crippen LogP contribution in [0.3, 0.4) is 0 Å². The number of benzene rings is 1. The van der Waals surface area contributed by atoms with Crippen LogP contribution in [0.15, 0.2) is 45.8 Å². The Morgan fingerprint density at radius 2 is 1.97 bits per heavy atom. The Morgan fingerprint density at radius 1 is 1.26 bits per heavy atom. The number of hydrogen-bond donors (Lipinski definition) is 3. The number of rotatable bonds is 5. The van der Waals surface area contributed by atoms with Gasteiger partial charge in [-0.05, 0) is 76.1 Å². The molecule has 0 spiro atoms. The second-order valence-corrected chi connectivity index (χ2v) is 11.6. The Morgan fingerprint density at radius 3 is 2.63 bits per heavy atom. The number of nitrogens with one attached hydrogen (secondary N) is 1. The lowest BCUT2D eigenvalue weighted by atomic mass is 10.0. The molecule has 1 aromatic carbocycles. The number of aromatic nitrogens is 3. The minimum atomic E-state index is -3.69. The maximum atomic E-state index is 13.4. The van der Waals surface area contributed by atoms with Gasteiger partial charge in [-0.15, -0.1) is 4.36 Å². The van der Waals surface area contributed by atoms with Crippen LogP contribution in [0.1, 0.15) is 67.2 Å². The fraction of sp³-hybridized carbons (Fsp3) is 0.400. The molecule has 1 atom stereocenters. The van der Waals surface area contributed by atoms with E-state index in [0.717, 1.165) is 54.6 Å². The first-order valence-electron chi connectivity index (χ1n) is 11.8. The van der Waals surface area contributed by atoms with Crippen LogP contribution in [-0.4, -0.2) is 30.1 Å². The third kappa shape index (κ3) is 4.61. The Balaban J connectivity index is 1.51. The zero-order valence-electron chi connectivity index (χ0n) is 20.1. The number of aliphatic hydroxyl groups is 1. The standard InChI is InChI=1S/C25H30N6O3S/c1-15-22(16-12-13-16)27-19-11-7-10-18(19)23(15)28-24(32)30-35(26,34)21-14-20(25(2,3)33)31(29-21)17-8-5-4-6-9-17/h4-6,8-9,14,16,33H,7,10-13H2,1-3H3,(H3,26,27,28,30,32,34). The number of anilines is 1. The van der Waals surface area contributed by atoms with Gasteiger partial charge in [0, 0.05) is 23.4 Å². The molecule has 2 amide bonds. The molecule has 9 nitrogen and oxygen atoms in total. The summed E-state index contributed by atoms with van der Waals surface area (Å²) in [5.41, 5.74) is 4.48. The molecule has 0 aliphatic heterocycles. The van der Waals surface area contributed by atoms with Crippen molar-refractivity contribution in [1.29, 1.82) is 0 Å². The summed E-state index contributed by atoms with van der Waals surface area (Å²) in [7, 11) is -3.69. The van der Waals surface area contributed by atoms with Gasteiger partial charge in [0.05, 0.1) is 17.1 Å². The van der Waals surface area contributed by atoms with Gasteiger partial charge in [-0.3, -0.25) is 4.98 Å². The molecular weight excluding hydrogens is 464 g/mol. The molecule has 1 unspecified atom stereocenters. The summed E-state index contributed by atoms with van der Waals surface area (Å²) in [6.07, 6.45) is 4.92. The van der Waals surface area contributed by atoms with Gasteiger partial charge >= 0.3 is 6.03 Å². The largest absolute Gasteiger partial charge is 0.384 e. The molecule has 0 saturated heterocycles. The van der Waals surface area contributed by atoms with Crippen LogP contribution >= 0.6 is 0 Å². The van der Waals surface area contributed by atoms with E-state index in [1.54, 1.807) is 26.0 Å². The quantitative estimate of drug-likeness (QED) is 0.491. The molecule has 5 rings (SSSR count). The van der Waals surface area contributed by atoms with Crippen molar-refractivity contribution in [2.24, 2.45) is 9.50 Å². The molecular formula is C25H30N6O3S. The molecule has 2 heterocycles. The molecule has 2 aliphatic carbocycles. The van der Waals surface area contributed by atoms with Gasteiger partial charge in [0.1, 0.15) is 5.60 Å². The molecule has 3 aromatic rings. The van der Waals surface area contributed by atoms with Crippen LogP contribution in [0, 0.1) is 6.92 Å². The Labute approximate surface area is 205 Å². The Kier molecular flexibility index (Phi) is 5.77. The van der Waals surface area contributed by atoms with Gasteiger partial charge in [-0.25, -0.2) is 18.8 Å². The highest BCUT2D eigenvalue weighted by molar-refractivity contribution is 7.91. The second kappa shape index (κ2) is 8.54. The summed E-state index contributed by atoms with van der Waals surface area (Å²) < 4.78 is 18.7. The fourth-order valence-electron chi connectivity index (χ4n) is 4.63. The first-order chi connectivity index (χ1) is 16.5. The van der Waals surface area contributed by atoms with E-state index in [-0.39, 0.29) is 5.03 Å². The smallest absolute Gasteiger partial charge is 0.354 e. The van der Waals surface area contributed by atoms with E-state index in [0.29, 0.717) is 23.0 Å². The first-order valence-corrected chi connectivity index (χ1v) is 13.4. The van der Waals surface area contributed by atoms with E-state index < -0.39 is 21.5 Å². The molecule has 10 heteroatoms.